The van der Waals surface area contributed by atoms with Gasteiger partial charge in [-0.05, 0) is 49.4 Å². The number of pyridine rings is 1. The van der Waals surface area contributed by atoms with Crippen molar-refractivity contribution in [3.8, 4) is 0 Å². The summed E-state index contributed by atoms with van der Waals surface area (Å²) in [5.41, 5.74) is 1.52. The number of anilines is 1. The Bertz CT molecular complexity index is 1330. The summed E-state index contributed by atoms with van der Waals surface area (Å²) in [6, 6.07) is 10.7. The molecular weight excluding hydrogens is 477 g/mol. The van der Waals surface area contributed by atoms with E-state index in [4.69, 9.17) is 27.9 Å². The molecule has 0 saturated heterocycles. The van der Waals surface area contributed by atoms with Crippen LogP contribution in [0.4, 0.5) is 5.69 Å². The quantitative estimate of drug-likeness (QED) is 0.519. The first-order valence-corrected chi connectivity index (χ1v) is 11.4. The topological polar surface area (TPSA) is 106 Å². The van der Waals surface area contributed by atoms with E-state index >= 15 is 0 Å². The van der Waals surface area contributed by atoms with Gasteiger partial charge in [-0.25, -0.2) is 17.5 Å². The van der Waals surface area contributed by atoms with E-state index in [0.29, 0.717) is 21.6 Å². The van der Waals surface area contributed by atoms with E-state index < -0.39 is 28.5 Å². The Kier molecular flexibility index (Phi) is 7.04. The van der Waals surface area contributed by atoms with E-state index in [-0.39, 0.29) is 21.2 Å². The van der Waals surface area contributed by atoms with E-state index in [1.54, 1.807) is 31.2 Å². The maximum atomic E-state index is 12.5. The van der Waals surface area contributed by atoms with Gasteiger partial charge in [-0.3, -0.25) is 9.78 Å². The molecule has 1 amide bonds. The Morgan fingerprint density at radius 2 is 1.81 bits per heavy atom. The normalized spacial score (nSPS) is 11.6. The minimum atomic E-state index is -3.81. The molecule has 3 aromatic rings. The highest BCUT2D eigenvalue weighted by Gasteiger charge is 2.22. The number of benzene rings is 2. The Morgan fingerprint density at radius 3 is 2.50 bits per heavy atom. The van der Waals surface area contributed by atoms with Crippen LogP contribution in [0.1, 0.15) is 16.1 Å². The number of fused-ring (bicyclic) bond motifs is 1. The number of hydrogen-bond donors (Lipinski definition) is 1. The summed E-state index contributed by atoms with van der Waals surface area (Å²) in [5, 5.41) is 3.67. The fourth-order valence-corrected chi connectivity index (χ4v) is 4.41. The number of sulfonamides is 1. The molecule has 1 aromatic heterocycles. The molecular formula is C21H19Cl2N3O5S. The van der Waals surface area contributed by atoms with Gasteiger partial charge < -0.3 is 10.1 Å². The summed E-state index contributed by atoms with van der Waals surface area (Å²) in [5.74, 6) is -1.37. The molecule has 0 bridgehead atoms. The van der Waals surface area contributed by atoms with Gasteiger partial charge in [0.25, 0.3) is 5.91 Å². The first-order valence-electron chi connectivity index (χ1n) is 9.25. The van der Waals surface area contributed by atoms with Crippen molar-refractivity contribution in [1.29, 1.82) is 0 Å². The van der Waals surface area contributed by atoms with Crippen LogP contribution in [0.2, 0.25) is 10.0 Å². The molecule has 0 aliphatic heterocycles. The number of ether oxygens (including phenoxy) is 1. The number of halogens is 2. The molecule has 8 nitrogen and oxygen atoms in total. The molecule has 0 saturated carbocycles. The predicted molar refractivity (Wildman–Crippen MR) is 123 cm³/mol. The number of nitrogens with one attached hydrogen (secondary N) is 1. The lowest BCUT2D eigenvalue weighted by Gasteiger charge is -2.14. The molecule has 0 radical (unpaired) electrons. The van der Waals surface area contributed by atoms with Crippen molar-refractivity contribution in [2.45, 2.75) is 11.8 Å². The maximum absolute atomic E-state index is 12.5. The Balaban J connectivity index is 1.71. The van der Waals surface area contributed by atoms with Crippen molar-refractivity contribution >= 4 is 61.7 Å². The van der Waals surface area contributed by atoms with Gasteiger partial charge in [0.15, 0.2) is 6.61 Å². The summed E-state index contributed by atoms with van der Waals surface area (Å²) in [6.45, 7) is 1.08. The van der Waals surface area contributed by atoms with Crippen LogP contribution in [-0.2, 0) is 19.6 Å². The molecule has 0 unspecified atom stereocenters. The van der Waals surface area contributed by atoms with Gasteiger partial charge >= 0.3 is 5.97 Å². The van der Waals surface area contributed by atoms with Crippen LogP contribution < -0.4 is 5.32 Å². The molecule has 2 aromatic carbocycles. The Labute approximate surface area is 195 Å². The smallest absolute Gasteiger partial charge is 0.340 e. The van der Waals surface area contributed by atoms with Crippen molar-refractivity contribution in [2.24, 2.45) is 0 Å². The van der Waals surface area contributed by atoms with Crippen LogP contribution in [0.5, 0.6) is 0 Å². The first kappa shape index (κ1) is 23.9. The number of esters is 1. The lowest BCUT2D eigenvalue weighted by molar-refractivity contribution is -0.119. The highest BCUT2D eigenvalue weighted by molar-refractivity contribution is 7.89. The number of aryl methyl sites for hydroxylation is 1. The Morgan fingerprint density at radius 1 is 1.09 bits per heavy atom. The van der Waals surface area contributed by atoms with Crippen molar-refractivity contribution in [1.82, 2.24) is 9.29 Å². The minimum Gasteiger partial charge on any atom is -0.452 e. The van der Waals surface area contributed by atoms with Gasteiger partial charge in [-0.15, -0.1) is 0 Å². The van der Waals surface area contributed by atoms with Crippen LogP contribution in [0.3, 0.4) is 0 Å². The molecule has 3 rings (SSSR count). The average molecular weight is 496 g/mol. The zero-order valence-electron chi connectivity index (χ0n) is 17.3. The van der Waals surface area contributed by atoms with Crippen molar-refractivity contribution in [2.75, 3.05) is 26.0 Å². The molecule has 1 heterocycles. The molecule has 0 aliphatic rings. The second kappa shape index (κ2) is 9.41. The van der Waals surface area contributed by atoms with Crippen molar-refractivity contribution < 1.29 is 22.7 Å². The van der Waals surface area contributed by atoms with Crippen molar-refractivity contribution in [3.05, 3.63) is 63.8 Å². The maximum Gasteiger partial charge on any atom is 0.340 e. The van der Waals surface area contributed by atoms with E-state index in [1.807, 2.05) is 0 Å². The van der Waals surface area contributed by atoms with Crippen LogP contribution >= 0.6 is 23.2 Å². The summed E-state index contributed by atoms with van der Waals surface area (Å²) in [7, 11) is -1.07. The highest BCUT2D eigenvalue weighted by Crippen LogP contribution is 2.27. The summed E-state index contributed by atoms with van der Waals surface area (Å²) < 4.78 is 30.8. The van der Waals surface area contributed by atoms with Crippen LogP contribution in [0.15, 0.2) is 47.4 Å². The van der Waals surface area contributed by atoms with E-state index in [9.17, 15) is 18.0 Å². The number of nitrogens with zero attached hydrogens (tertiary/aromatic N) is 2. The number of amides is 1. The van der Waals surface area contributed by atoms with Crippen LogP contribution in [-0.4, -0.2) is 50.3 Å². The number of carbonyl (C=O) groups is 2. The SMILES string of the molecule is Cc1nc2ccc(Cl)cc2cc1C(=O)OCC(=O)Nc1ccc(Cl)c(S(=O)(=O)N(C)C)c1. The molecule has 32 heavy (non-hydrogen) atoms. The van der Waals surface area contributed by atoms with Gasteiger partial charge in [0.05, 0.1) is 21.8 Å². The van der Waals surface area contributed by atoms with E-state index in [2.05, 4.69) is 10.3 Å². The lowest BCUT2D eigenvalue weighted by Crippen LogP contribution is -2.24. The predicted octanol–water partition coefficient (Wildman–Crippen LogP) is 3.90. The van der Waals surface area contributed by atoms with E-state index in [0.717, 1.165) is 4.31 Å². The van der Waals surface area contributed by atoms with Crippen LogP contribution in [0.25, 0.3) is 10.9 Å². The fraction of sp³-hybridized carbons (Fsp3) is 0.190. The van der Waals surface area contributed by atoms with Gasteiger partial charge in [-0.2, -0.15) is 0 Å². The molecule has 0 atom stereocenters. The van der Waals surface area contributed by atoms with Crippen LogP contribution in [0, 0.1) is 6.92 Å². The summed E-state index contributed by atoms with van der Waals surface area (Å²) in [4.78, 5) is 28.9. The average Bonchev–Trinajstić information content (AvgIpc) is 2.73. The molecule has 0 spiro atoms. The lowest BCUT2D eigenvalue weighted by atomic mass is 10.1. The highest BCUT2D eigenvalue weighted by atomic mass is 35.5. The molecule has 168 valence electrons. The molecule has 0 aliphatic carbocycles. The summed E-state index contributed by atoms with van der Waals surface area (Å²) in [6.07, 6.45) is 0. The standard InChI is InChI=1S/C21H19Cl2N3O5S/c1-12-16(9-13-8-14(22)4-7-18(13)24-12)21(28)31-11-20(27)25-15-5-6-17(23)19(10-15)32(29,30)26(2)3/h4-10H,11H2,1-3H3,(H,25,27). The number of aromatic nitrogens is 1. The second-order valence-corrected chi connectivity index (χ2v) is 9.98. The largest absolute Gasteiger partial charge is 0.452 e. The number of carbonyl (C=O) groups excluding carboxylic acids is 2. The zero-order valence-corrected chi connectivity index (χ0v) is 19.7. The first-order chi connectivity index (χ1) is 15.0. The summed E-state index contributed by atoms with van der Waals surface area (Å²) >= 11 is 12.0. The van der Waals surface area contributed by atoms with Gasteiger partial charge in [0.1, 0.15) is 4.90 Å². The second-order valence-electron chi connectivity index (χ2n) is 7.02. The zero-order chi connectivity index (χ0) is 23.6. The molecule has 11 heteroatoms. The Hall–Kier alpha value is -2.72. The van der Waals surface area contributed by atoms with E-state index in [1.165, 1.54) is 32.3 Å². The number of rotatable bonds is 6. The number of hydrogen-bond acceptors (Lipinski definition) is 6. The molecule has 1 N–H and O–H groups in total. The third-order valence-corrected chi connectivity index (χ3v) is 7.03. The molecule has 0 fully saturated rings. The van der Waals surface area contributed by atoms with Gasteiger partial charge in [0.2, 0.25) is 10.0 Å². The monoisotopic (exact) mass is 495 g/mol. The van der Waals surface area contributed by atoms with Crippen molar-refractivity contribution in [3.63, 3.8) is 0 Å². The fourth-order valence-electron chi connectivity index (χ4n) is 2.83. The third-order valence-electron chi connectivity index (χ3n) is 4.50. The van der Waals surface area contributed by atoms with Gasteiger partial charge in [-0.1, -0.05) is 23.2 Å². The van der Waals surface area contributed by atoms with Gasteiger partial charge in [0, 0.05) is 30.2 Å². The third kappa shape index (κ3) is 5.18. The minimum absolute atomic E-state index is 0.0162.